The van der Waals surface area contributed by atoms with Crippen molar-refractivity contribution in [2.24, 2.45) is 17.8 Å². The average Bonchev–Trinajstić information content (AvgIpc) is 3.45. The van der Waals surface area contributed by atoms with Crippen LogP contribution in [0.4, 0.5) is 4.79 Å². The fourth-order valence-corrected chi connectivity index (χ4v) is 5.69. The van der Waals surface area contributed by atoms with Crippen molar-refractivity contribution in [1.82, 2.24) is 25.1 Å². The minimum Gasteiger partial charge on any atom is -0.467 e. The SMILES string of the molecule is COC(=O)[C@@H]1CC(OC(=O)N2CCc3ccccc3C2)CN1C(=O)[C@@H](NC(=O)[C@@H](CC(=O)c1cnccn1)C(C)C)C(C)C. The van der Waals surface area contributed by atoms with Gasteiger partial charge in [0.15, 0.2) is 5.78 Å². The van der Waals surface area contributed by atoms with E-state index in [0.717, 1.165) is 5.56 Å². The van der Waals surface area contributed by atoms with Gasteiger partial charge in [-0.05, 0) is 29.4 Å². The summed E-state index contributed by atoms with van der Waals surface area (Å²) < 4.78 is 10.8. The van der Waals surface area contributed by atoms with Crippen molar-refractivity contribution in [2.75, 3.05) is 20.2 Å². The van der Waals surface area contributed by atoms with Gasteiger partial charge in [-0.25, -0.2) is 14.6 Å². The highest BCUT2D eigenvalue weighted by Crippen LogP contribution is 2.27. The van der Waals surface area contributed by atoms with Crippen molar-refractivity contribution in [3.63, 3.8) is 0 Å². The van der Waals surface area contributed by atoms with Gasteiger partial charge in [0.1, 0.15) is 23.9 Å². The molecule has 1 saturated heterocycles. The molecule has 12 heteroatoms. The third kappa shape index (κ3) is 7.59. The number of nitrogens with zero attached hydrogens (tertiary/aromatic N) is 4. The molecule has 44 heavy (non-hydrogen) atoms. The third-order valence-corrected chi connectivity index (χ3v) is 8.30. The number of likely N-dealkylation sites (tertiary alicyclic amines) is 1. The predicted molar refractivity (Wildman–Crippen MR) is 159 cm³/mol. The molecule has 0 bridgehead atoms. The maximum absolute atomic E-state index is 13.9. The van der Waals surface area contributed by atoms with E-state index in [9.17, 15) is 24.0 Å². The number of amides is 3. The van der Waals surface area contributed by atoms with Crippen molar-refractivity contribution >= 4 is 29.7 Å². The number of hydrogen-bond donors (Lipinski definition) is 1. The topological polar surface area (TPSA) is 148 Å². The Hall–Kier alpha value is -4.35. The summed E-state index contributed by atoms with van der Waals surface area (Å²) in [5.74, 6) is -3.18. The fourth-order valence-electron chi connectivity index (χ4n) is 5.69. The molecular weight excluding hydrogens is 566 g/mol. The molecule has 1 N–H and O–H groups in total. The molecule has 2 aromatic rings. The molecule has 1 aromatic carbocycles. The lowest BCUT2D eigenvalue weighted by atomic mass is 9.88. The van der Waals surface area contributed by atoms with Gasteiger partial charge in [0.05, 0.1) is 19.9 Å². The smallest absolute Gasteiger partial charge is 0.410 e. The molecule has 0 saturated carbocycles. The predicted octanol–water partition coefficient (Wildman–Crippen LogP) is 2.80. The van der Waals surface area contributed by atoms with E-state index in [1.807, 2.05) is 38.1 Å². The van der Waals surface area contributed by atoms with E-state index in [-0.39, 0.29) is 42.7 Å². The Morgan fingerprint density at radius 1 is 1.02 bits per heavy atom. The quantitative estimate of drug-likeness (QED) is 0.318. The van der Waals surface area contributed by atoms with Gasteiger partial charge in [-0.1, -0.05) is 52.0 Å². The molecule has 0 spiro atoms. The van der Waals surface area contributed by atoms with Crippen molar-refractivity contribution in [3.8, 4) is 0 Å². The molecule has 2 aliphatic heterocycles. The number of aromatic nitrogens is 2. The number of hydrogen-bond acceptors (Lipinski definition) is 9. The molecule has 3 amide bonds. The van der Waals surface area contributed by atoms with Crippen LogP contribution in [0.5, 0.6) is 0 Å². The number of ether oxygens (including phenoxy) is 2. The second kappa shape index (κ2) is 14.4. The number of fused-ring (bicyclic) bond motifs is 1. The second-order valence-electron chi connectivity index (χ2n) is 12.0. The summed E-state index contributed by atoms with van der Waals surface area (Å²) in [4.78, 5) is 77.0. The van der Waals surface area contributed by atoms with Crippen molar-refractivity contribution < 1.29 is 33.4 Å². The summed E-state index contributed by atoms with van der Waals surface area (Å²) in [5, 5.41) is 2.84. The Kier molecular flexibility index (Phi) is 10.7. The summed E-state index contributed by atoms with van der Waals surface area (Å²) in [6, 6.07) is 5.95. The third-order valence-electron chi connectivity index (χ3n) is 8.30. The van der Waals surface area contributed by atoms with Crippen LogP contribution >= 0.6 is 0 Å². The van der Waals surface area contributed by atoms with Crippen LogP contribution in [0.1, 0.15) is 62.2 Å². The van der Waals surface area contributed by atoms with Gasteiger partial charge in [0.25, 0.3) is 0 Å². The normalized spacial score (nSPS) is 19.2. The number of methoxy groups -OCH3 is 1. The van der Waals surface area contributed by atoms with Crippen molar-refractivity contribution in [3.05, 3.63) is 59.7 Å². The van der Waals surface area contributed by atoms with Gasteiger partial charge >= 0.3 is 12.1 Å². The maximum atomic E-state index is 13.9. The molecule has 1 aromatic heterocycles. The van der Waals surface area contributed by atoms with Gasteiger partial charge in [-0.2, -0.15) is 0 Å². The van der Waals surface area contributed by atoms with Crippen molar-refractivity contribution in [1.29, 1.82) is 0 Å². The monoisotopic (exact) mass is 607 g/mol. The molecule has 1 unspecified atom stereocenters. The van der Waals surface area contributed by atoms with E-state index in [1.165, 1.54) is 36.2 Å². The standard InChI is InChI=1S/C32H41N5O7/c1-19(2)24(15-27(38)25-16-33-11-12-34-25)29(39)35-28(20(3)4)30(40)37-18-23(14-26(37)31(41)43-5)44-32(42)36-13-10-21-8-6-7-9-22(21)17-36/h6-9,11-12,16,19-20,23-24,26,28H,10,13-15,17-18H2,1-5H3,(H,35,39)/t23?,24-,26-,28-/m0/s1. The van der Waals surface area contributed by atoms with E-state index in [2.05, 4.69) is 15.3 Å². The molecule has 1 fully saturated rings. The lowest BCUT2D eigenvalue weighted by Crippen LogP contribution is -2.55. The summed E-state index contributed by atoms with van der Waals surface area (Å²) in [5.41, 5.74) is 2.41. The van der Waals surface area contributed by atoms with Crippen LogP contribution < -0.4 is 5.32 Å². The Balaban J connectivity index is 1.45. The van der Waals surface area contributed by atoms with Gasteiger partial charge in [-0.15, -0.1) is 0 Å². The first-order valence-electron chi connectivity index (χ1n) is 15.0. The summed E-state index contributed by atoms with van der Waals surface area (Å²) in [7, 11) is 1.23. The van der Waals surface area contributed by atoms with Crippen molar-refractivity contribution in [2.45, 2.75) is 71.7 Å². The second-order valence-corrected chi connectivity index (χ2v) is 12.0. The Morgan fingerprint density at radius 2 is 1.75 bits per heavy atom. The number of rotatable bonds is 10. The number of Topliss-reactive ketones (excluding diaryl/α,β-unsaturated/α-hetero) is 1. The van der Waals surface area contributed by atoms with Crippen LogP contribution in [0.25, 0.3) is 0 Å². The highest BCUT2D eigenvalue weighted by atomic mass is 16.6. The molecule has 236 valence electrons. The lowest BCUT2D eigenvalue weighted by molar-refractivity contribution is -0.152. The first-order valence-corrected chi connectivity index (χ1v) is 15.0. The fraction of sp³-hybridized carbons (Fsp3) is 0.531. The molecule has 4 atom stereocenters. The number of carbonyl (C=O) groups is 5. The van der Waals surface area contributed by atoms with Crippen LogP contribution in [-0.2, 0) is 36.8 Å². The summed E-state index contributed by atoms with van der Waals surface area (Å²) >= 11 is 0. The molecular formula is C32H41N5O7. The number of benzene rings is 1. The van der Waals surface area contributed by atoms with Crippen LogP contribution in [0.3, 0.4) is 0 Å². The van der Waals surface area contributed by atoms with Gasteiger partial charge in [0, 0.05) is 44.2 Å². The highest BCUT2D eigenvalue weighted by Gasteiger charge is 2.45. The van der Waals surface area contributed by atoms with Gasteiger partial charge in [-0.3, -0.25) is 19.4 Å². The largest absolute Gasteiger partial charge is 0.467 e. The highest BCUT2D eigenvalue weighted by molar-refractivity contribution is 5.98. The summed E-state index contributed by atoms with van der Waals surface area (Å²) in [6.07, 6.45) is 3.67. The summed E-state index contributed by atoms with van der Waals surface area (Å²) in [6.45, 7) is 8.13. The molecule has 12 nitrogen and oxygen atoms in total. The molecule has 2 aliphatic rings. The van der Waals surface area contributed by atoms with Crippen LogP contribution in [0.2, 0.25) is 0 Å². The molecule has 4 rings (SSSR count). The average molecular weight is 608 g/mol. The maximum Gasteiger partial charge on any atom is 0.410 e. The number of carbonyl (C=O) groups excluding carboxylic acids is 5. The van der Waals surface area contributed by atoms with E-state index in [1.54, 1.807) is 18.7 Å². The number of ketones is 1. The Morgan fingerprint density at radius 3 is 2.39 bits per heavy atom. The van der Waals surface area contributed by atoms with Crippen LogP contribution in [0, 0.1) is 17.8 Å². The van der Waals surface area contributed by atoms with E-state index < -0.39 is 48.0 Å². The number of esters is 1. The van der Waals surface area contributed by atoms with Crippen LogP contribution in [-0.4, -0.2) is 87.8 Å². The molecule has 3 heterocycles. The Labute approximate surface area is 257 Å². The first-order chi connectivity index (χ1) is 21.0. The molecule has 0 radical (unpaired) electrons. The zero-order valence-electron chi connectivity index (χ0n) is 25.9. The zero-order chi connectivity index (χ0) is 32.0. The number of nitrogens with one attached hydrogen (secondary N) is 1. The van der Waals surface area contributed by atoms with Gasteiger partial charge in [0.2, 0.25) is 11.8 Å². The van der Waals surface area contributed by atoms with Crippen LogP contribution in [0.15, 0.2) is 42.9 Å². The van der Waals surface area contributed by atoms with E-state index in [0.29, 0.717) is 19.5 Å². The minimum absolute atomic E-state index is 0.0212. The lowest BCUT2D eigenvalue weighted by Gasteiger charge is -2.31. The Bertz CT molecular complexity index is 1370. The molecule has 0 aliphatic carbocycles. The first kappa shape index (κ1) is 32.6. The minimum atomic E-state index is -0.990. The zero-order valence-corrected chi connectivity index (χ0v) is 25.9. The van der Waals surface area contributed by atoms with E-state index >= 15 is 0 Å². The van der Waals surface area contributed by atoms with E-state index in [4.69, 9.17) is 9.47 Å². The van der Waals surface area contributed by atoms with Gasteiger partial charge < -0.3 is 24.6 Å².